The third kappa shape index (κ3) is 4.29. The van der Waals surface area contributed by atoms with Crippen molar-refractivity contribution in [2.24, 2.45) is 5.92 Å². The number of amides is 2. The highest BCUT2D eigenvalue weighted by Gasteiger charge is 2.33. The monoisotopic (exact) mass is 370 g/mol. The summed E-state index contributed by atoms with van der Waals surface area (Å²) in [5.74, 6) is -0.0258. The maximum absolute atomic E-state index is 12.9. The van der Waals surface area contributed by atoms with Gasteiger partial charge in [0.05, 0.1) is 18.8 Å². The summed E-state index contributed by atoms with van der Waals surface area (Å²) < 4.78 is 10.8. The second-order valence-electron chi connectivity index (χ2n) is 7.46. The van der Waals surface area contributed by atoms with Gasteiger partial charge in [-0.05, 0) is 36.0 Å². The fourth-order valence-corrected chi connectivity index (χ4v) is 3.93. The highest BCUT2D eigenvalue weighted by Crippen LogP contribution is 2.27. The highest BCUT2D eigenvalue weighted by atomic mass is 16.5. The number of hydrogen-bond acceptors (Lipinski definition) is 5. The van der Waals surface area contributed by atoms with E-state index >= 15 is 0 Å². The van der Waals surface area contributed by atoms with Gasteiger partial charge in [0.15, 0.2) is 0 Å². The van der Waals surface area contributed by atoms with Gasteiger partial charge in [-0.25, -0.2) is 0 Å². The van der Waals surface area contributed by atoms with Crippen LogP contribution in [-0.2, 0) is 25.6 Å². The van der Waals surface area contributed by atoms with Gasteiger partial charge in [0, 0.05) is 45.5 Å². The quantitative estimate of drug-likeness (QED) is 0.739. The lowest BCUT2D eigenvalue weighted by molar-refractivity contribution is -0.137. The van der Waals surface area contributed by atoms with Crippen molar-refractivity contribution >= 4 is 17.4 Å². The van der Waals surface area contributed by atoms with Crippen molar-refractivity contribution in [3.05, 3.63) is 41.5 Å². The molecule has 2 saturated heterocycles. The SMILES string of the molecule is O=C1C=C(c2cccc(CN3CCOCC3)c2)C(=O)N1CC1CCOCC1. The molecule has 2 amide bonds. The van der Waals surface area contributed by atoms with Crippen LogP contribution >= 0.6 is 0 Å². The van der Waals surface area contributed by atoms with Crippen molar-refractivity contribution in [3.8, 4) is 0 Å². The Bertz CT molecular complexity index is 733. The van der Waals surface area contributed by atoms with Crippen molar-refractivity contribution in [2.75, 3.05) is 46.1 Å². The molecule has 0 N–H and O–H groups in total. The highest BCUT2D eigenvalue weighted by molar-refractivity contribution is 6.33. The summed E-state index contributed by atoms with van der Waals surface area (Å²) in [7, 11) is 0. The molecule has 0 saturated carbocycles. The molecule has 144 valence electrons. The Morgan fingerprint density at radius 3 is 2.52 bits per heavy atom. The Balaban J connectivity index is 1.44. The van der Waals surface area contributed by atoms with Gasteiger partial charge in [0.1, 0.15) is 0 Å². The average molecular weight is 370 g/mol. The van der Waals surface area contributed by atoms with Crippen LogP contribution in [0.25, 0.3) is 5.57 Å². The zero-order valence-corrected chi connectivity index (χ0v) is 15.6. The summed E-state index contributed by atoms with van der Waals surface area (Å²) >= 11 is 0. The maximum Gasteiger partial charge on any atom is 0.261 e. The van der Waals surface area contributed by atoms with E-state index in [1.165, 1.54) is 11.0 Å². The molecule has 0 bridgehead atoms. The van der Waals surface area contributed by atoms with E-state index in [2.05, 4.69) is 11.0 Å². The van der Waals surface area contributed by atoms with Gasteiger partial charge in [-0.15, -0.1) is 0 Å². The third-order valence-electron chi connectivity index (χ3n) is 5.54. The maximum atomic E-state index is 12.9. The second-order valence-corrected chi connectivity index (χ2v) is 7.46. The lowest BCUT2D eigenvalue weighted by Crippen LogP contribution is -2.37. The molecule has 6 heteroatoms. The number of hydrogen-bond donors (Lipinski definition) is 0. The van der Waals surface area contributed by atoms with E-state index in [4.69, 9.17) is 9.47 Å². The largest absolute Gasteiger partial charge is 0.381 e. The number of ether oxygens (including phenoxy) is 2. The molecule has 1 aromatic rings. The van der Waals surface area contributed by atoms with Gasteiger partial charge in [-0.1, -0.05) is 18.2 Å². The fraction of sp³-hybridized carbons (Fsp3) is 0.524. The van der Waals surface area contributed by atoms with Crippen molar-refractivity contribution in [1.29, 1.82) is 0 Å². The van der Waals surface area contributed by atoms with Crippen LogP contribution in [0.1, 0.15) is 24.0 Å². The van der Waals surface area contributed by atoms with Crippen molar-refractivity contribution < 1.29 is 19.1 Å². The molecule has 0 aromatic heterocycles. The number of rotatable bonds is 5. The number of carbonyl (C=O) groups excluding carboxylic acids is 2. The number of nitrogens with zero attached hydrogens (tertiary/aromatic N) is 2. The van der Waals surface area contributed by atoms with Crippen LogP contribution in [0.15, 0.2) is 30.3 Å². The Morgan fingerprint density at radius 1 is 1.00 bits per heavy atom. The number of carbonyl (C=O) groups is 2. The van der Waals surface area contributed by atoms with E-state index in [1.807, 2.05) is 18.2 Å². The molecule has 0 spiro atoms. The normalized spacial score (nSPS) is 22.4. The lowest BCUT2D eigenvalue weighted by atomic mass is 9.99. The molecular weight excluding hydrogens is 344 g/mol. The van der Waals surface area contributed by atoms with Gasteiger partial charge in [-0.3, -0.25) is 19.4 Å². The minimum Gasteiger partial charge on any atom is -0.381 e. The van der Waals surface area contributed by atoms with Crippen molar-refractivity contribution in [1.82, 2.24) is 9.80 Å². The Kier molecular flexibility index (Phi) is 5.66. The zero-order chi connectivity index (χ0) is 18.6. The van der Waals surface area contributed by atoms with Crippen LogP contribution in [0.5, 0.6) is 0 Å². The molecule has 3 aliphatic rings. The van der Waals surface area contributed by atoms with Crippen LogP contribution in [0.2, 0.25) is 0 Å². The Morgan fingerprint density at radius 2 is 1.74 bits per heavy atom. The van der Waals surface area contributed by atoms with E-state index in [-0.39, 0.29) is 11.8 Å². The van der Waals surface area contributed by atoms with Gasteiger partial charge < -0.3 is 9.47 Å². The molecular formula is C21H26N2O4. The van der Waals surface area contributed by atoms with E-state index in [1.54, 1.807) is 0 Å². The summed E-state index contributed by atoms with van der Waals surface area (Å²) in [6, 6.07) is 7.98. The van der Waals surface area contributed by atoms with E-state index in [0.29, 0.717) is 31.2 Å². The number of imide groups is 1. The molecule has 0 atom stereocenters. The third-order valence-corrected chi connectivity index (χ3v) is 5.54. The standard InChI is InChI=1S/C21H26N2O4/c24-20-13-19(21(25)23(20)15-16-4-8-26-9-5-16)18-3-1-2-17(12-18)14-22-6-10-27-11-7-22/h1-3,12-13,16H,4-11,14-15H2. The molecule has 0 unspecified atom stereocenters. The lowest BCUT2D eigenvalue weighted by Gasteiger charge is -2.27. The summed E-state index contributed by atoms with van der Waals surface area (Å²) in [5.41, 5.74) is 2.49. The Hall–Kier alpha value is -2.02. The van der Waals surface area contributed by atoms with Gasteiger partial charge in [0.25, 0.3) is 11.8 Å². The first kappa shape index (κ1) is 18.3. The summed E-state index contributed by atoms with van der Waals surface area (Å²) in [6.07, 6.45) is 3.30. The molecule has 6 nitrogen and oxygen atoms in total. The minimum absolute atomic E-state index is 0.171. The second kappa shape index (κ2) is 8.33. The van der Waals surface area contributed by atoms with Crippen LogP contribution in [0, 0.1) is 5.92 Å². The van der Waals surface area contributed by atoms with E-state index in [9.17, 15) is 9.59 Å². The molecule has 0 aliphatic carbocycles. The molecule has 1 aromatic carbocycles. The summed E-state index contributed by atoms with van der Waals surface area (Å²) in [5, 5.41) is 0. The predicted octanol–water partition coefficient (Wildman–Crippen LogP) is 1.70. The van der Waals surface area contributed by atoms with Crippen molar-refractivity contribution in [3.63, 3.8) is 0 Å². The first-order valence-electron chi connectivity index (χ1n) is 9.75. The predicted molar refractivity (Wildman–Crippen MR) is 101 cm³/mol. The minimum atomic E-state index is -0.194. The number of benzene rings is 1. The number of morpholine rings is 1. The fourth-order valence-electron chi connectivity index (χ4n) is 3.93. The van der Waals surface area contributed by atoms with E-state index < -0.39 is 0 Å². The molecule has 3 heterocycles. The summed E-state index contributed by atoms with van der Waals surface area (Å²) in [6.45, 7) is 6.12. The average Bonchev–Trinajstić information content (AvgIpc) is 2.98. The molecule has 3 aliphatic heterocycles. The van der Waals surface area contributed by atoms with Crippen LogP contribution in [0.4, 0.5) is 0 Å². The molecule has 0 radical (unpaired) electrons. The molecule has 4 rings (SSSR count). The van der Waals surface area contributed by atoms with Gasteiger partial charge >= 0.3 is 0 Å². The van der Waals surface area contributed by atoms with Crippen LogP contribution in [-0.4, -0.2) is 67.7 Å². The van der Waals surface area contributed by atoms with Crippen LogP contribution in [0.3, 0.4) is 0 Å². The Labute approximate surface area is 159 Å². The van der Waals surface area contributed by atoms with Gasteiger partial charge in [-0.2, -0.15) is 0 Å². The zero-order valence-electron chi connectivity index (χ0n) is 15.6. The van der Waals surface area contributed by atoms with E-state index in [0.717, 1.165) is 56.8 Å². The first-order chi connectivity index (χ1) is 13.2. The molecule has 27 heavy (non-hydrogen) atoms. The summed E-state index contributed by atoms with van der Waals surface area (Å²) in [4.78, 5) is 29.0. The first-order valence-corrected chi connectivity index (χ1v) is 9.75. The smallest absolute Gasteiger partial charge is 0.261 e. The van der Waals surface area contributed by atoms with Gasteiger partial charge in [0.2, 0.25) is 0 Å². The van der Waals surface area contributed by atoms with Crippen LogP contribution < -0.4 is 0 Å². The molecule has 2 fully saturated rings. The van der Waals surface area contributed by atoms with Crippen molar-refractivity contribution in [2.45, 2.75) is 19.4 Å². The topological polar surface area (TPSA) is 59.1 Å².